The Morgan fingerprint density at radius 2 is 1.75 bits per heavy atom. The standard InChI is InChI=1S/C6H7OP/c7-8-6-4-2-1-3-5-6/h1-5,7-8H. The Hall–Kier alpha value is -0.390. The molecule has 0 amide bonds. The summed E-state index contributed by atoms with van der Waals surface area (Å²) < 4.78 is 0. The fraction of sp³-hybridized carbons (Fsp3) is 0. The van der Waals surface area contributed by atoms with E-state index in [1.165, 1.54) is 0 Å². The minimum absolute atomic E-state index is 0.0700. The molecule has 2 heteroatoms. The zero-order valence-electron chi connectivity index (χ0n) is 4.33. The van der Waals surface area contributed by atoms with Gasteiger partial charge in [0.2, 0.25) is 0 Å². The van der Waals surface area contributed by atoms with Crippen LogP contribution >= 0.6 is 8.81 Å². The van der Waals surface area contributed by atoms with Crippen molar-refractivity contribution in [1.29, 1.82) is 0 Å². The van der Waals surface area contributed by atoms with Crippen molar-refractivity contribution in [2.24, 2.45) is 0 Å². The van der Waals surface area contributed by atoms with Crippen molar-refractivity contribution in [1.82, 2.24) is 0 Å². The molecule has 0 aliphatic carbocycles. The monoisotopic (exact) mass is 126 g/mol. The van der Waals surface area contributed by atoms with E-state index in [1.54, 1.807) is 0 Å². The Morgan fingerprint density at radius 3 is 2.12 bits per heavy atom. The molecule has 0 aromatic heterocycles. The maximum absolute atomic E-state index is 8.57. The molecule has 42 valence electrons. The second kappa shape index (κ2) is 2.81. The molecule has 1 rings (SSSR count). The van der Waals surface area contributed by atoms with Crippen molar-refractivity contribution in [3.63, 3.8) is 0 Å². The lowest BCUT2D eigenvalue weighted by Gasteiger charge is -1.88. The van der Waals surface area contributed by atoms with Crippen molar-refractivity contribution < 1.29 is 4.89 Å². The molecule has 1 unspecified atom stereocenters. The van der Waals surface area contributed by atoms with Crippen LogP contribution in [0.5, 0.6) is 0 Å². The number of rotatable bonds is 1. The second-order valence-corrected chi connectivity index (χ2v) is 2.28. The van der Waals surface area contributed by atoms with Crippen molar-refractivity contribution in [3.8, 4) is 0 Å². The van der Waals surface area contributed by atoms with Gasteiger partial charge in [-0.15, -0.1) is 0 Å². The van der Waals surface area contributed by atoms with E-state index in [9.17, 15) is 0 Å². The maximum Gasteiger partial charge on any atom is 0.0420 e. The summed E-state index contributed by atoms with van der Waals surface area (Å²) in [6.45, 7) is 0. The van der Waals surface area contributed by atoms with Crippen LogP contribution in [-0.4, -0.2) is 4.89 Å². The molecule has 0 saturated heterocycles. The average Bonchev–Trinajstić information content (AvgIpc) is 1.90. The van der Waals surface area contributed by atoms with Gasteiger partial charge in [-0.3, -0.25) is 0 Å². The Morgan fingerprint density at radius 1 is 1.12 bits per heavy atom. The first-order valence-corrected chi connectivity index (χ1v) is 3.33. The third-order valence-corrected chi connectivity index (χ3v) is 1.49. The highest BCUT2D eigenvalue weighted by atomic mass is 31.1. The van der Waals surface area contributed by atoms with Gasteiger partial charge in [-0.05, 0) is 5.30 Å². The molecule has 1 atom stereocenters. The molecule has 0 fully saturated rings. The first kappa shape index (κ1) is 5.74. The van der Waals surface area contributed by atoms with E-state index >= 15 is 0 Å². The maximum atomic E-state index is 8.57. The van der Waals surface area contributed by atoms with Gasteiger partial charge in [-0.2, -0.15) is 0 Å². The van der Waals surface area contributed by atoms with Gasteiger partial charge in [0.05, 0.1) is 0 Å². The van der Waals surface area contributed by atoms with Gasteiger partial charge in [0, 0.05) is 8.81 Å². The largest absolute Gasteiger partial charge is 0.372 e. The topological polar surface area (TPSA) is 20.2 Å². The molecule has 1 nitrogen and oxygen atoms in total. The minimum atomic E-state index is -0.0700. The molecule has 1 aromatic carbocycles. The quantitative estimate of drug-likeness (QED) is 0.554. The third-order valence-electron chi connectivity index (χ3n) is 0.903. The summed E-state index contributed by atoms with van der Waals surface area (Å²) >= 11 is 0. The highest BCUT2D eigenvalue weighted by Crippen LogP contribution is 1.99. The van der Waals surface area contributed by atoms with Crippen LogP contribution in [0, 0.1) is 0 Å². The fourth-order valence-electron chi connectivity index (χ4n) is 0.513. The minimum Gasteiger partial charge on any atom is -0.372 e. The molecule has 0 heterocycles. The van der Waals surface area contributed by atoms with Crippen LogP contribution in [0.15, 0.2) is 30.3 Å². The van der Waals surface area contributed by atoms with E-state index in [2.05, 4.69) is 0 Å². The first-order valence-electron chi connectivity index (χ1n) is 2.38. The van der Waals surface area contributed by atoms with Crippen LogP contribution in [0.4, 0.5) is 0 Å². The van der Waals surface area contributed by atoms with Crippen LogP contribution in [-0.2, 0) is 0 Å². The molecule has 0 aliphatic heterocycles. The third kappa shape index (κ3) is 1.29. The predicted octanol–water partition coefficient (Wildman–Crippen LogP) is 0.898. The summed E-state index contributed by atoms with van der Waals surface area (Å²) in [4.78, 5) is 8.57. The van der Waals surface area contributed by atoms with Crippen LogP contribution in [0.3, 0.4) is 0 Å². The van der Waals surface area contributed by atoms with E-state index < -0.39 is 0 Å². The average molecular weight is 126 g/mol. The van der Waals surface area contributed by atoms with E-state index in [-0.39, 0.29) is 8.81 Å². The molecule has 1 aromatic rings. The van der Waals surface area contributed by atoms with Crippen molar-refractivity contribution in [2.75, 3.05) is 0 Å². The van der Waals surface area contributed by atoms with Crippen LogP contribution in [0.2, 0.25) is 0 Å². The van der Waals surface area contributed by atoms with Crippen molar-refractivity contribution in [2.45, 2.75) is 0 Å². The van der Waals surface area contributed by atoms with E-state index in [0.717, 1.165) is 5.30 Å². The lowest BCUT2D eigenvalue weighted by molar-refractivity contribution is 0.655. The van der Waals surface area contributed by atoms with Gasteiger partial charge in [-0.25, -0.2) is 0 Å². The molecule has 0 saturated carbocycles. The summed E-state index contributed by atoms with van der Waals surface area (Å²) in [6.07, 6.45) is 0. The van der Waals surface area contributed by atoms with Gasteiger partial charge >= 0.3 is 0 Å². The summed E-state index contributed by atoms with van der Waals surface area (Å²) in [5.41, 5.74) is 0. The zero-order valence-corrected chi connectivity index (χ0v) is 5.33. The van der Waals surface area contributed by atoms with Gasteiger partial charge < -0.3 is 4.89 Å². The van der Waals surface area contributed by atoms with Crippen LogP contribution in [0.1, 0.15) is 0 Å². The summed E-state index contributed by atoms with van der Waals surface area (Å²) in [5.74, 6) is 0. The molecule has 0 spiro atoms. The predicted molar refractivity (Wildman–Crippen MR) is 36.6 cm³/mol. The number of hydrogen-bond donors (Lipinski definition) is 1. The molecular weight excluding hydrogens is 119 g/mol. The lowest BCUT2D eigenvalue weighted by Crippen LogP contribution is -1.88. The summed E-state index contributed by atoms with van der Waals surface area (Å²) in [6, 6.07) is 9.57. The highest BCUT2D eigenvalue weighted by Gasteiger charge is 1.81. The van der Waals surface area contributed by atoms with Crippen molar-refractivity contribution >= 4 is 14.1 Å². The van der Waals surface area contributed by atoms with Gasteiger partial charge in [-0.1, -0.05) is 30.3 Å². The molecule has 0 radical (unpaired) electrons. The van der Waals surface area contributed by atoms with Gasteiger partial charge in [0.1, 0.15) is 0 Å². The van der Waals surface area contributed by atoms with Crippen molar-refractivity contribution in [3.05, 3.63) is 30.3 Å². The molecular formula is C6H7OP. The normalized spacial score (nSPS) is 10.6. The highest BCUT2D eigenvalue weighted by molar-refractivity contribution is 7.40. The van der Waals surface area contributed by atoms with Crippen LogP contribution in [0.25, 0.3) is 0 Å². The van der Waals surface area contributed by atoms with Crippen LogP contribution < -0.4 is 5.30 Å². The fourth-order valence-corrected chi connectivity index (χ4v) is 0.854. The molecule has 0 aliphatic rings. The zero-order chi connectivity index (χ0) is 5.82. The summed E-state index contributed by atoms with van der Waals surface area (Å²) in [7, 11) is -0.0700. The number of hydrogen-bond acceptors (Lipinski definition) is 1. The molecule has 8 heavy (non-hydrogen) atoms. The Labute approximate surface area is 50.2 Å². The Balaban J connectivity index is 2.83. The lowest BCUT2D eigenvalue weighted by atomic mass is 10.4. The number of benzene rings is 1. The SMILES string of the molecule is OPc1ccccc1. The Bertz CT molecular complexity index is 150. The van der Waals surface area contributed by atoms with E-state index in [1.807, 2.05) is 30.3 Å². The van der Waals surface area contributed by atoms with Gasteiger partial charge in [0.25, 0.3) is 0 Å². The Kier molecular flexibility index (Phi) is 2.01. The summed E-state index contributed by atoms with van der Waals surface area (Å²) in [5, 5.41) is 0.993. The smallest absolute Gasteiger partial charge is 0.0420 e. The molecule has 1 N–H and O–H groups in total. The molecule has 0 bridgehead atoms. The van der Waals surface area contributed by atoms with E-state index in [4.69, 9.17) is 4.89 Å². The van der Waals surface area contributed by atoms with E-state index in [0.29, 0.717) is 0 Å². The second-order valence-electron chi connectivity index (χ2n) is 1.48. The van der Waals surface area contributed by atoms with Gasteiger partial charge in [0.15, 0.2) is 0 Å². The first-order chi connectivity index (χ1) is 3.93.